The Hall–Kier alpha value is -1.89. The number of carbonyl (C=O) groups excluding carboxylic acids is 2. The minimum absolute atomic E-state index is 0.0615. The van der Waals surface area contributed by atoms with Crippen LogP contribution in [0.2, 0.25) is 0 Å². The molecule has 0 unspecified atom stereocenters. The highest BCUT2D eigenvalue weighted by molar-refractivity contribution is 5.97. The Morgan fingerprint density at radius 2 is 1.96 bits per heavy atom. The first-order chi connectivity index (χ1) is 12.5. The van der Waals surface area contributed by atoms with E-state index in [2.05, 4.69) is 10.2 Å². The topological polar surface area (TPSA) is 78.5 Å². The fourth-order valence-electron chi connectivity index (χ4n) is 4.64. The number of nitrogens with one attached hydrogen (secondary N) is 1. The van der Waals surface area contributed by atoms with Crippen LogP contribution in [0.25, 0.3) is 0 Å². The number of aromatic amines is 1. The van der Waals surface area contributed by atoms with Crippen LogP contribution in [0.1, 0.15) is 73.8 Å². The van der Waals surface area contributed by atoms with E-state index in [1.807, 2.05) is 18.7 Å². The maximum atomic E-state index is 13.0. The highest BCUT2D eigenvalue weighted by Gasteiger charge is 2.36. The van der Waals surface area contributed by atoms with Gasteiger partial charge in [-0.2, -0.15) is 5.10 Å². The second-order valence-corrected chi connectivity index (χ2v) is 7.86. The van der Waals surface area contributed by atoms with Gasteiger partial charge in [0.1, 0.15) is 6.54 Å². The lowest BCUT2D eigenvalue weighted by atomic mass is 9.93. The van der Waals surface area contributed by atoms with Gasteiger partial charge in [-0.15, -0.1) is 0 Å². The number of rotatable bonds is 2. The van der Waals surface area contributed by atoms with Gasteiger partial charge in [0.2, 0.25) is 5.91 Å². The van der Waals surface area contributed by atoms with Gasteiger partial charge >= 0.3 is 0 Å². The summed E-state index contributed by atoms with van der Waals surface area (Å²) >= 11 is 0. The molecule has 0 spiro atoms. The minimum Gasteiger partial charge on any atom is -0.369 e. The molecule has 2 fully saturated rings. The number of aromatic nitrogens is 2. The zero-order chi connectivity index (χ0) is 18.3. The van der Waals surface area contributed by atoms with E-state index < -0.39 is 0 Å². The third-order valence-electron chi connectivity index (χ3n) is 6.00. The second kappa shape index (κ2) is 7.02. The summed E-state index contributed by atoms with van der Waals surface area (Å²) in [5, 5.41) is 7.24. The summed E-state index contributed by atoms with van der Waals surface area (Å²) in [6.45, 7) is 5.36. The average molecular weight is 360 g/mol. The molecule has 26 heavy (non-hydrogen) atoms. The van der Waals surface area contributed by atoms with Gasteiger partial charge in [-0.3, -0.25) is 14.7 Å². The Labute approximate surface area is 154 Å². The van der Waals surface area contributed by atoms with Crippen molar-refractivity contribution in [3.8, 4) is 0 Å². The molecule has 2 aliphatic heterocycles. The summed E-state index contributed by atoms with van der Waals surface area (Å²) < 4.78 is 5.79. The van der Waals surface area contributed by atoms with Gasteiger partial charge in [0.15, 0.2) is 5.69 Å². The molecule has 3 aliphatic rings. The normalized spacial score (nSPS) is 27.5. The minimum atomic E-state index is -0.138. The van der Waals surface area contributed by atoms with Crippen LogP contribution >= 0.6 is 0 Å². The van der Waals surface area contributed by atoms with Gasteiger partial charge in [-0.1, -0.05) is 19.3 Å². The number of fused-ring (bicyclic) bond motifs is 1. The Morgan fingerprint density at radius 1 is 1.19 bits per heavy atom. The highest BCUT2D eigenvalue weighted by Crippen LogP contribution is 2.31. The monoisotopic (exact) mass is 360 g/mol. The number of amides is 2. The summed E-state index contributed by atoms with van der Waals surface area (Å²) in [6, 6.07) is 0.366. The molecule has 2 amide bonds. The Kier molecular flexibility index (Phi) is 4.73. The Bertz CT molecular complexity index is 695. The van der Waals surface area contributed by atoms with Crippen LogP contribution in [0.15, 0.2) is 0 Å². The van der Waals surface area contributed by atoms with Gasteiger partial charge in [0.05, 0.1) is 17.9 Å². The molecule has 1 saturated carbocycles. The molecule has 0 bridgehead atoms. The molecule has 1 saturated heterocycles. The standard InChI is InChI=1S/C19H28N4O3/c1-12-10-15-17(13(2)26-12)20-21-18(15)19(25)22-8-9-23(16(24)11-22)14-6-4-3-5-7-14/h12-14H,3-11H2,1-2H3,(H,20,21)/t12-,13+/m1/s1. The van der Waals surface area contributed by atoms with E-state index >= 15 is 0 Å². The fourth-order valence-corrected chi connectivity index (χ4v) is 4.64. The van der Waals surface area contributed by atoms with Crippen molar-refractivity contribution in [3.63, 3.8) is 0 Å². The average Bonchev–Trinajstić information content (AvgIpc) is 3.06. The molecule has 142 valence electrons. The summed E-state index contributed by atoms with van der Waals surface area (Å²) in [5.41, 5.74) is 2.29. The maximum absolute atomic E-state index is 13.0. The Balaban J connectivity index is 1.46. The van der Waals surface area contributed by atoms with E-state index in [0.717, 1.165) is 24.1 Å². The molecule has 0 radical (unpaired) electrons. The summed E-state index contributed by atoms with van der Waals surface area (Å²) in [6.07, 6.45) is 6.52. The van der Waals surface area contributed by atoms with Crippen molar-refractivity contribution in [1.29, 1.82) is 0 Å². The van der Waals surface area contributed by atoms with Crippen LogP contribution in [0.3, 0.4) is 0 Å². The molecule has 7 heteroatoms. The van der Waals surface area contributed by atoms with Gasteiger partial charge in [0, 0.05) is 31.1 Å². The smallest absolute Gasteiger partial charge is 0.275 e. The van der Waals surface area contributed by atoms with Crippen LogP contribution in [-0.2, 0) is 16.0 Å². The molecular weight excluding hydrogens is 332 g/mol. The number of hydrogen-bond donors (Lipinski definition) is 1. The largest absolute Gasteiger partial charge is 0.369 e. The summed E-state index contributed by atoms with van der Waals surface area (Å²) in [7, 11) is 0. The first kappa shape index (κ1) is 17.5. The fraction of sp³-hybridized carbons (Fsp3) is 0.737. The van der Waals surface area contributed by atoms with Crippen LogP contribution in [0.4, 0.5) is 0 Å². The zero-order valence-corrected chi connectivity index (χ0v) is 15.7. The van der Waals surface area contributed by atoms with E-state index in [-0.39, 0.29) is 30.6 Å². The van der Waals surface area contributed by atoms with Crippen molar-refractivity contribution in [1.82, 2.24) is 20.0 Å². The number of nitrogens with zero attached hydrogens (tertiary/aromatic N) is 3. The third-order valence-corrected chi connectivity index (χ3v) is 6.00. The van der Waals surface area contributed by atoms with Crippen molar-refractivity contribution in [2.45, 2.75) is 70.6 Å². The van der Waals surface area contributed by atoms with Crippen molar-refractivity contribution >= 4 is 11.8 Å². The molecule has 7 nitrogen and oxygen atoms in total. The SMILES string of the molecule is C[C@@H]1Cc2c(C(=O)N3CCN(C4CCCCC4)C(=O)C3)n[nH]c2[C@H](C)O1. The highest BCUT2D eigenvalue weighted by atomic mass is 16.5. The van der Waals surface area contributed by atoms with E-state index in [0.29, 0.717) is 31.2 Å². The van der Waals surface area contributed by atoms with Crippen molar-refractivity contribution < 1.29 is 14.3 Å². The van der Waals surface area contributed by atoms with Gasteiger partial charge in [-0.25, -0.2) is 0 Å². The third kappa shape index (κ3) is 3.13. The first-order valence-electron chi connectivity index (χ1n) is 9.86. The van der Waals surface area contributed by atoms with E-state index in [4.69, 9.17) is 4.74 Å². The molecule has 2 atom stereocenters. The van der Waals surface area contributed by atoms with Gasteiger partial charge < -0.3 is 14.5 Å². The molecule has 4 rings (SSSR count). The lowest BCUT2D eigenvalue weighted by Gasteiger charge is -2.40. The lowest BCUT2D eigenvalue weighted by molar-refractivity contribution is -0.138. The number of carbonyl (C=O) groups is 2. The van der Waals surface area contributed by atoms with Gasteiger partial charge in [0.25, 0.3) is 5.91 Å². The van der Waals surface area contributed by atoms with Crippen LogP contribution in [-0.4, -0.2) is 63.6 Å². The number of piperazine rings is 1. The van der Waals surface area contributed by atoms with Gasteiger partial charge in [-0.05, 0) is 26.7 Å². The maximum Gasteiger partial charge on any atom is 0.275 e. The van der Waals surface area contributed by atoms with E-state index in [1.165, 1.54) is 19.3 Å². The predicted octanol–water partition coefficient (Wildman–Crippen LogP) is 2.05. The van der Waals surface area contributed by atoms with Crippen molar-refractivity contribution in [2.24, 2.45) is 0 Å². The van der Waals surface area contributed by atoms with Crippen LogP contribution in [0, 0.1) is 0 Å². The molecule has 1 aliphatic carbocycles. The summed E-state index contributed by atoms with van der Waals surface area (Å²) in [5.74, 6) is -0.0635. The van der Waals surface area contributed by atoms with Crippen molar-refractivity contribution in [3.05, 3.63) is 17.0 Å². The molecule has 1 N–H and O–H groups in total. The second-order valence-electron chi connectivity index (χ2n) is 7.86. The molecule has 1 aromatic rings. The number of hydrogen-bond acceptors (Lipinski definition) is 4. The summed E-state index contributed by atoms with van der Waals surface area (Å²) in [4.78, 5) is 29.3. The van der Waals surface area contributed by atoms with Crippen LogP contribution in [0.5, 0.6) is 0 Å². The molecule has 0 aromatic carbocycles. The molecular formula is C19H28N4O3. The lowest BCUT2D eigenvalue weighted by Crippen LogP contribution is -2.55. The van der Waals surface area contributed by atoms with E-state index in [1.54, 1.807) is 4.90 Å². The first-order valence-corrected chi connectivity index (χ1v) is 9.86. The number of ether oxygens (including phenoxy) is 1. The van der Waals surface area contributed by atoms with E-state index in [9.17, 15) is 9.59 Å². The quantitative estimate of drug-likeness (QED) is 0.875. The Morgan fingerprint density at radius 3 is 2.69 bits per heavy atom. The van der Waals surface area contributed by atoms with Crippen molar-refractivity contribution in [2.75, 3.05) is 19.6 Å². The molecule has 3 heterocycles. The molecule has 1 aromatic heterocycles. The number of H-pyrrole nitrogens is 1. The van der Waals surface area contributed by atoms with Crippen LogP contribution < -0.4 is 0 Å². The zero-order valence-electron chi connectivity index (χ0n) is 15.7. The predicted molar refractivity (Wildman–Crippen MR) is 95.7 cm³/mol.